The maximum Gasteiger partial charge on any atom is 0.328 e. The van der Waals surface area contributed by atoms with E-state index in [2.05, 4.69) is 10.1 Å². The summed E-state index contributed by atoms with van der Waals surface area (Å²) in [6.07, 6.45) is -0.804. The Morgan fingerprint density at radius 2 is 2.00 bits per heavy atom. The highest BCUT2D eigenvalue weighted by atomic mass is 16.5. The third-order valence-corrected chi connectivity index (χ3v) is 2.52. The molecule has 8 heteroatoms. The van der Waals surface area contributed by atoms with Gasteiger partial charge >= 0.3 is 12.2 Å². The Kier molecular flexibility index (Phi) is 8.84. The van der Waals surface area contributed by atoms with Crippen LogP contribution < -0.4 is 5.32 Å². The van der Waals surface area contributed by atoms with Gasteiger partial charge in [0.15, 0.2) is 0 Å². The lowest BCUT2D eigenvalue weighted by atomic mass is 10.1. The molecule has 0 radical (unpaired) electrons. The van der Waals surface area contributed by atoms with Crippen molar-refractivity contribution in [1.29, 1.82) is 0 Å². The van der Waals surface area contributed by atoms with Crippen LogP contribution in [0.25, 0.3) is 5.53 Å². The number of amides is 1. The molecule has 0 bridgehead atoms. The van der Waals surface area contributed by atoms with Gasteiger partial charge in [-0.3, -0.25) is 9.59 Å². The molecule has 0 fully saturated rings. The van der Waals surface area contributed by atoms with E-state index in [9.17, 15) is 19.5 Å². The largest absolute Gasteiger partial charge is 0.461 e. The molecule has 0 saturated carbocycles. The van der Waals surface area contributed by atoms with E-state index < -0.39 is 29.8 Å². The van der Waals surface area contributed by atoms with Crippen LogP contribution in [0.4, 0.5) is 0 Å². The summed E-state index contributed by atoms with van der Waals surface area (Å²) < 4.78 is 4.99. The number of rotatable bonds is 9. The van der Waals surface area contributed by atoms with Crippen molar-refractivity contribution in [2.24, 2.45) is 0 Å². The molecule has 0 rings (SSSR count). The third kappa shape index (κ3) is 7.96. The summed E-state index contributed by atoms with van der Waals surface area (Å²) in [5.74, 6) is -1.88. The van der Waals surface area contributed by atoms with Crippen LogP contribution in [0.2, 0.25) is 0 Å². The summed E-state index contributed by atoms with van der Waals surface area (Å²) in [6, 6.07) is -1.04. The highest BCUT2D eigenvalue weighted by Gasteiger charge is 2.26. The van der Waals surface area contributed by atoms with E-state index in [1.165, 1.54) is 0 Å². The Labute approximate surface area is 123 Å². The lowest BCUT2D eigenvalue weighted by Crippen LogP contribution is -2.46. The Bertz CT molecular complexity index is 430. The van der Waals surface area contributed by atoms with Crippen LogP contribution in [0.5, 0.6) is 0 Å². The van der Waals surface area contributed by atoms with Gasteiger partial charge in [-0.25, -0.2) is 4.79 Å². The minimum Gasteiger partial charge on any atom is -0.461 e. The lowest BCUT2D eigenvalue weighted by molar-refractivity contribution is -0.152. The standard InChI is InChI=1S/C13H21N3O5/c1-4-11(18)12(19)16-10(13(20)21-8(2)3)6-5-9(17)7-15-14/h7-8,10-11,18H,4-6H2,1-3H3,(H,16,19)/t10-,11-/m0/s1. The van der Waals surface area contributed by atoms with Gasteiger partial charge in [-0.15, -0.1) is 0 Å². The summed E-state index contributed by atoms with van der Waals surface area (Å²) in [5, 5.41) is 11.8. The molecule has 8 nitrogen and oxygen atoms in total. The summed E-state index contributed by atoms with van der Waals surface area (Å²) in [4.78, 5) is 37.3. The van der Waals surface area contributed by atoms with Crippen LogP contribution in [0.1, 0.15) is 40.0 Å². The number of nitrogens with zero attached hydrogens (tertiary/aromatic N) is 2. The second kappa shape index (κ2) is 9.79. The van der Waals surface area contributed by atoms with E-state index in [1.54, 1.807) is 20.8 Å². The summed E-state index contributed by atoms with van der Waals surface area (Å²) in [6.45, 7) is 4.93. The van der Waals surface area contributed by atoms with E-state index in [0.29, 0.717) is 6.21 Å². The normalized spacial score (nSPS) is 13.0. The third-order valence-electron chi connectivity index (χ3n) is 2.52. The Morgan fingerprint density at radius 1 is 1.38 bits per heavy atom. The minimum absolute atomic E-state index is 0.0153. The Hall–Kier alpha value is -2.05. The van der Waals surface area contributed by atoms with Crippen LogP contribution in [0, 0.1) is 0 Å². The topological polar surface area (TPSA) is 129 Å². The van der Waals surface area contributed by atoms with Crippen molar-refractivity contribution >= 4 is 23.9 Å². The van der Waals surface area contributed by atoms with Gasteiger partial charge in [0.25, 0.3) is 0 Å². The molecule has 2 atom stereocenters. The van der Waals surface area contributed by atoms with Crippen molar-refractivity contribution < 1.29 is 29.0 Å². The average Bonchev–Trinajstić information content (AvgIpc) is 2.41. The molecule has 1 amide bonds. The SMILES string of the molecule is CC[C@H](O)C(=O)N[C@@H](CCC(=O)C=[N+]=[N-])C(=O)OC(C)C. The average molecular weight is 299 g/mol. The Morgan fingerprint density at radius 3 is 2.48 bits per heavy atom. The zero-order valence-electron chi connectivity index (χ0n) is 12.4. The summed E-state index contributed by atoms with van der Waals surface area (Å²) >= 11 is 0. The number of hydrogen-bond donors (Lipinski definition) is 2. The molecule has 0 aliphatic rings. The predicted molar refractivity (Wildman–Crippen MR) is 73.4 cm³/mol. The first-order chi connectivity index (χ1) is 9.81. The number of nitrogens with one attached hydrogen (secondary N) is 1. The van der Waals surface area contributed by atoms with Crippen LogP contribution in [-0.4, -0.2) is 52.0 Å². The van der Waals surface area contributed by atoms with Gasteiger partial charge in [0, 0.05) is 6.42 Å². The number of ether oxygens (including phenoxy) is 1. The molecule has 21 heavy (non-hydrogen) atoms. The fourth-order valence-corrected chi connectivity index (χ4v) is 1.43. The Balaban J connectivity index is 4.75. The van der Waals surface area contributed by atoms with Crippen molar-refractivity contribution in [2.75, 3.05) is 0 Å². The van der Waals surface area contributed by atoms with Crippen molar-refractivity contribution in [3.8, 4) is 0 Å². The molecule has 0 aromatic heterocycles. The molecule has 0 heterocycles. The minimum atomic E-state index is -1.23. The zero-order chi connectivity index (χ0) is 16.4. The van der Waals surface area contributed by atoms with Crippen molar-refractivity contribution in [3.05, 3.63) is 5.53 Å². The quantitative estimate of drug-likeness (QED) is 0.264. The first kappa shape index (κ1) is 18.9. The second-order valence-electron chi connectivity index (χ2n) is 4.72. The van der Waals surface area contributed by atoms with E-state index in [0.717, 1.165) is 0 Å². The molecule has 0 aromatic rings. The molecular weight excluding hydrogens is 278 g/mol. The van der Waals surface area contributed by atoms with Gasteiger partial charge in [0.2, 0.25) is 11.7 Å². The van der Waals surface area contributed by atoms with Crippen molar-refractivity contribution in [2.45, 2.75) is 58.3 Å². The van der Waals surface area contributed by atoms with E-state index in [4.69, 9.17) is 10.3 Å². The van der Waals surface area contributed by atoms with Crippen LogP contribution >= 0.6 is 0 Å². The molecule has 0 aliphatic carbocycles. The maximum absolute atomic E-state index is 11.9. The van der Waals surface area contributed by atoms with Crippen molar-refractivity contribution in [1.82, 2.24) is 5.32 Å². The number of aliphatic hydroxyl groups is 1. The van der Waals surface area contributed by atoms with Crippen LogP contribution in [0.3, 0.4) is 0 Å². The van der Waals surface area contributed by atoms with Gasteiger partial charge in [0.1, 0.15) is 12.1 Å². The molecule has 0 aromatic carbocycles. The van der Waals surface area contributed by atoms with Crippen LogP contribution in [0.15, 0.2) is 0 Å². The lowest BCUT2D eigenvalue weighted by Gasteiger charge is -2.19. The van der Waals surface area contributed by atoms with Crippen LogP contribution in [-0.2, 0) is 19.1 Å². The maximum atomic E-state index is 11.9. The molecule has 0 aliphatic heterocycles. The summed E-state index contributed by atoms with van der Waals surface area (Å²) in [5.41, 5.74) is 8.23. The molecule has 0 unspecified atom stereocenters. The molecule has 0 spiro atoms. The zero-order valence-corrected chi connectivity index (χ0v) is 12.4. The van der Waals surface area contributed by atoms with E-state index >= 15 is 0 Å². The van der Waals surface area contributed by atoms with E-state index in [1.807, 2.05) is 0 Å². The van der Waals surface area contributed by atoms with Gasteiger partial charge in [0.05, 0.1) is 6.10 Å². The highest BCUT2D eigenvalue weighted by molar-refractivity contribution is 6.25. The number of carbonyl (C=O) groups excluding carboxylic acids is 3. The first-order valence-corrected chi connectivity index (χ1v) is 6.71. The van der Waals surface area contributed by atoms with Gasteiger partial charge in [-0.05, 0) is 26.7 Å². The van der Waals surface area contributed by atoms with E-state index in [-0.39, 0.29) is 25.4 Å². The molecular formula is C13H21N3O5. The molecule has 2 N–H and O–H groups in total. The summed E-state index contributed by atoms with van der Waals surface area (Å²) in [7, 11) is 0. The predicted octanol–water partition coefficient (Wildman–Crippen LogP) is -0.156. The van der Waals surface area contributed by atoms with Gasteiger partial charge in [-0.2, -0.15) is 4.79 Å². The number of hydrogen-bond acceptors (Lipinski definition) is 5. The fourth-order valence-electron chi connectivity index (χ4n) is 1.43. The molecule has 118 valence electrons. The highest BCUT2D eigenvalue weighted by Crippen LogP contribution is 2.04. The fraction of sp³-hybridized carbons (Fsp3) is 0.692. The first-order valence-electron chi connectivity index (χ1n) is 6.71. The number of aliphatic hydroxyl groups excluding tert-OH is 1. The number of ketones is 1. The van der Waals surface area contributed by atoms with Crippen molar-refractivity contribution in [3.63, 3.8) is 0 Å². The smallest absolute Gasteiger partial charge is 0.328 e. The number of esters is 1. The number of carbonyl (C=O) groups is 3. The monoisotopic (exact) mass is 299 g/mol. The van der Waals surface area contributed by atoms with Gasteiger partial charge in [-0.1, -0.05) is 6.92 Å². The van der Waals surface area contributed by atoms with Gasteiger partial charge < -0.3 is 20.7 Å². The number of Topliss-reactive ketones (excluding diaryl/α,β-unsaturated/α-hetero) is 1. The molecule has 0 saturated heterocycles. The second-order valence-corrected chi connectivity index (χ2v) is 4.72.